The number of hydrogen-bond donors (Lipinski definition) is 0. The molecule has 0 atom stereocenters. The van der Waals surface area contributed by atoms with Gasteiger partial charge in [0.05, 0.1) is 0 Å². The largest absolute Gasteiger partial charge is 0.321 e. The molecule has 0 aliphatic rings. The van der Waals surface area contributed by atoms with Crippen LogP contribution in [0.15, 0.2) is 24.3 Å². The van der Waals surface area contributed by atoms with Crippen LogP contribution in [0.1, 0.15) is 27.7 Å². The summed E-state index contributed by atoms with van der Waals surface area (Å²) in [7, 11) is -1.10. The fourth-order valence-corrected chi connectivity index (χ4v) is 6.64. The van der Waals surface area contributed by atoms with E-state index in [9.17, 15) is 0 Å². The van der Waals surface area contributed by atoms with Crippen LogP contribution in [0, 0.1) is 0 Å². The summed E-state index contributed by atoms with van der Waals surface area (Å²) < 4.78 is 5.20. The van der Waals surface area contributed by atoms with Gasteiger partial charge in [0.25, 0.3) is 0 Å². The molecule has 0 aromatic heterocycles. The molecule has 0 heterocycles. The van der Waals surface area contributed by atoms with E-state index in [0.29, 0.717) is 0 Å². The van der Waals surface area contributed by atoms with Gasteiger partial charge < -0.3 is 9.13 Å². The second kappa shape index (κ2) is 8.77. The van der Waals surface area contributed by atoms with Crippen LogP contribution in [-0.2, 0) is 0 Å². The minimum atomic E-state index is -0.549. The second-order valence-electron chi connectivity index (χ2n) is 5.09. The van der Waals surface area contributed by atoms with Crippen molar-refractivity contribution >= 4 is 28.3 Å². The molecule has 1 rings (SSSR count). The molecule has 0 saturated carbocycles. The SMILES string of the molecule is CCN(CC)[Si](C)c1ccc([Si](C)N(CC)CC)cc1. The lowest BCUT2D eigenvalue weighted by Gasteiger charge is -2.27. The smallest absolute Gasteiger partial charge is 0.169 e. The summed E-state index contributed by atoms with van der Waals surface area (Å²) in [4.78, 5) is 0. The highest BCUT2D eigenvalue weighted by atomic mass is 28.3. The molecule has 0 bridgehead atoms. The van der Waals surface area contributed by atoms with Crippen molar-refractivity contribution in [2.45, 2.75) is 40.8 Å². The minimum absolute atomic E-state index is 0.549. The topological polar surface area (TPSA) is 6.48 Å². The molecule has 0 fully saturated rings. The third kappa shape index (κ3) is 4.28. The Morgan fingerprint density at radius 1 is 0.650 bits per heavy atom. The van der Waals surface area contributed by atoms with Crippen molar-refractivity contribution in [2.75, 3.05) is 26.2 Å². The summed E-state index contributed by atoms with van der Waals surface area (Å²) in [5.74, 6) is 0. The molecule has 0 unspecified atom stereocenters. The summed E-state index contributed by atoms with van der Waals surface area (Å²) in [6.45, 7) is 18.5. The highest BCUT2D eigenvalue weighted by Crippen LogP contribution is 1.99. The van der Waals surface area contributed by atoms with Crippen LogP contribution in [-0.4, -0.2) is 53.2 Å². The Morgan fingerprint density at radius 2 is 0.900 bits per heavy atom. The van der Waals surface area contributed by atoms with Crippen LogP contribution in [0.2, 0.25) is 13.1 Å². The van der Waals surface area contributed by atoms with E-state index in [2.05, 4.69) is 74.2 Å². The first-order chi connectivity index (χ1) is 9.58. The third-order valence-electron chi connectivity index (χ3n) is 4.20. The molecule has 0 N–H and O–H groups in total. The standard InChI is InChI=1S/C16H30N2Si2/c1-7-17(8-2)19(5)15-11-13-16(14-12-15)20(6)18(9-3)10-4/h11-14H,7-10H2,1-6H3. The van der Waals surface area contributed by atoms with Gasteiger partial charge in [0, 0.05) is 0 Å². The first-order valence-corrected chi connectivity index (χ1v) is 11.8. The highest BCUT2D eigenvalue weighted by Gasteiger charge is 2.18. The van der Waals surface area contributed by atoms with Gasteiger partial charge in [0.2, 0.25) is 0 Å². The van der Waals surface area contributed by atoms with Crippen molar-refractivity contribution in [3.8, 4) is 0 Å². The predicted octanol–water partition coefficient (Wildman–Crippen LogP) is 2.03. The van der Waals surface area contributed by atoms with Crippen LogP contribution in [0.3, 0.4) is 0 Å². The first-order valence-electron chi connectivity index (χ1n) is 7.86. The molecule has 2 nitrogen and oxygen atoms in total. The third-order valence-corrected chi connectivity index (χ3v) is 9.70. The van der Waals surface area contributed by atoms with Crippen molar-refractivity contribution < 1.29 is 0 Å². The minimum Gasteiger partial charge on any atom is -0.321 e. The summed E-state index contributed by atoms with van der Waals surface area (Å²) in [5, 5.41) is 3.08. The van der Waals surface area contributed by atoms with Gasteiger partial charge in [-0.1, -0.05) is 65.1 Å². The fraction of sp³-hybridized carbons (Fsp3) is 0.625. The normalized spacial score (nSPS) is 12.1. The Labute approximate surface area is 129 Å². The van der Waals surface area contributed by atoms with Gasteiger partial charge >= 0.3 is 0 Å². The second-order valence-corrected chi connectivity index (χ2v) is 9.85. The van der Waals surface area contributed by atoms with Gasteiger partial charge in [-0.2, -0.15) is 0 Å². The van der Waals surface area contributed by atoms with E-state index in [1.165, 1.54) is 10.4 Å². The van der Waals surface area contributed by atoms with E-state index in [0.717, 1.165) is 26.2 Å². The lowest BCUT2D eigenvalue weighted by atomic mass is 10.4. The van der Waals surface area contributed by atoms with E-state index >= 15 is 0 Å². The molecule has 1 aromatic rings. The molecule has 1 aromatic carbocycles. The molecule has 112 valence electrons. The van der Waals surface area contributed by atoms with E-state index in [-0.39, 0.29) is 0 Å². The van der Waals surface area contributed by atoms with Crippen LogP contribution >= 0.6 is 0 Å². The van der Waals surface area contributed by atoms with Gasteiger partial charge in [-0.25, -0.2) is 0 Å². The first kappa shape index (κ1) is 17.6. The van der Waals surface area contributed by atoms with Gasteiger partial charge in [-0.05, 0) is 36.6 Å². The fourth-order valence-electron chi connectivity index (χ4n) is 2.71. The van der Waals surface area contributed by atoms with Crippen molar-refractivity contribution in [3.05, 3.63) is 24.3 Å². The Bertz CT molecular complexity index is 336. The summed E-state index contributed by atoms with van der Waals surface area (Å²) in [6.07, 6.45) is 0. The van der Waals surface area contributed by atoms with Crippen LogP contribution < -0.4 is 10.4 Å². The van der Waals surface area contributed by atoms with Crippen molar-refractivity contribution in [2.24, 2.45) is 0 Å². The Balaban J connectivity index is 2.83. The van der Waals surface area contributed by atoms with Gasteiger partial charge in [-0.3, -0.25) is 0 Å². The number of rotatable bonds is 8. The maximum atomic E-state index is 2.60. The lowest BCUT2D eigenvalue weighted by molar-refractivity contribution is 0.487. The Hall–Kier alpha value is -0.426. The van der Waals surface area contributed by atoms with Crippen molar-refractivity contribution in [3.63, 3.8) is 0 Å². The molecule has 0 saturated heterocycles. The molecule has 20 heavy (non-hydrogen) atoms. The summed E-state index contributed by atoms with van der Waals surface area (Å²) >= 11 is 0. The predicted molar refractivity (Wildman–Crippen MR) is 94.8 cm³/mol. The molecule has 0 aliphatic heterocycles. The summed E-state index contributed by atoms with van der Waals surface area (Å²) in [6, 6.07) is 9.50. The molecule has 2 radical (unpaired) electrons. The molecule has 0 spiro atoms. The van der Waals surface area contributed by atoms with E-state index in [1.54, 1.807) is 0 Å². The van der Waals surface area contributed by atoms with Crippen LogP contribution in [0.5, 0.6) is 0 Å². The summed E-state index contributed by atoms with van der Waals surface area (Å²) in [5.41, 5.74) is 0. The van der Waals surface area contributed by atoms with E-state index in [1.807, 2.05) is 0 Å². The zero-order valence-corrected chi connectivity index (χ0v) is 16.0. The monoisotopic (exact) mass is 306 g/mol. The average Bonchev–Trinajstić information content (AvgIpc) is 2.49. The maximum Gasteiger partial charge on any atom is 0.169 e. The molecular formula is C16H30N2Si2. The van der Waals surface area contributed by atoms with Crippen molar-refractivity contribution in [1.29, 1.82) is 0 Å². The van der Waals surface area contributed by atoms with Crippen molar-refractivity contribution in [1.82, 2.24) is 9.13 Å². The quantitative estimate of drug-likeness (QED) is 0.678. The van der Waals surface area contributed by atoms with Crippen LogP contribution in [0.4, 0.5) is 0 Å². The van der Waals surface area contributed by atoms with E-state index in [4.69, 9.17) is 0 Å². The molecule has 0 amide bonds. The Morgan fingerprint density at radius 3 is 1.10 bits per heavy atom. The lowest BCUT2D eigenvalue weighted by Crippen LogP contribution is -2.48. The average molecular weight is 307 g/mol. The number of nitrogens with zero attached hydrogens (tertiary/aromatic N) is 2. The van der Waals surface area contributed by atoms with Gasteiger partial charge in [0.1, 0.15) is 0 Å². The molecular weight excluding hydrogens is 276 g/mol. The molecule has 4 heteroatoms. The van der Waals surface area contributed by atoms with Gasteiger partial charge in [-0.15, -0.1) is 0 Å². The number of benzene rings is 1. The zero-order chi connectivity index (χ0) is 15.1. The number of hydrogen-bond acceptors (Lipinski definition) is 2. The molecule has 0 aliphatic carbocycles. The zero-order valence-electron chi connectivity index (χ0n) is 14.0. The maximum absolute atomic E-state index is 2.60. The van der Waals surface area contributed by atoms with E-state index < -0.39 is 17.9 Å². The Kier molecular flexibility index (Phi) is 7.73. The highest BCUT2D eigenvalue weighted by molar-refractivity contribution is 6.71. The van der Waals surface area contributed by atoms with Crippen LogP contribution in [0.25, 0.3) is 0 Å². The van der Waals surface area contributed by atoms with Gasteiger partial charge in [0.15, 0.2) is 17.9 Å².